The number of aromatic hydroxyl groups is 1. The van der Waals surface area contributed by atoms with E-state index in [-0.39, 0.29) is 59.3 Å². The van der Waals surface area contributed by atoms with E-state index in [0.717, 1.165) is 6.42 Å². The molecule has 232 valence electrons. The summed E-state index contributed by atoms with van der Waals surface area (Å²) < 4.78 is 5.72. The lowest BCUT2D eigenvalue weighted by Gasteiger charge is -2.27. The summed E-state index contributed by atoms with van der Waals surface area (Å²) in [5.74, 6) is -2.62. The highest BCUT2D eigenvalue weighted by Crippen LogP contribution is 2.20. The second-order valence-electron chi connectivity index (χ2n) is 12.1. The number of carbonyl (C=O) groups excluding carboxylic acids is 2. The van der Waals surface area contributed by atoms with Crippen LogP contribution >= 0.6 is 0 Å². The molecule has 43 heavy (non-hydrogen) atoms. The Hall–Kier alpha value is -4.59. The number of benzene rings is 1. The molecule has 1 atom stereocenters. The Labute approximate surface area is 249 Å². The Bertz CT molecular complexity index is 1440. The fourth-order valence-corrected chi connectivity index (χ4v) is 3.92. The fraction of sp³-hybridized carbons (Fsp3) is 0.483. The molecule has 2 heterocycles. The molecular weight excluding hydrogens is 556 g/mol. The fourth-order valence-electron chi connectivity index (χ4n) is 3.92. The summed E-state index contributed by atoms with van der Waals surface area (Å²) in [6, 6.07) is 5.14. The first-order chi connectivity index (χ1) is 20.1. The van der Waals surface area contributed by atoms with Crippen LogP contribution in [0.4, 0.5) is 11.6 Å². The molecule has 0 fully saturated rings. The van der Waals surface area contributed by atoms with Crippen molar-refractivity contribution >= 4 is 40.6 Å². The highest BCUT2D eigenvalue weighted by Gasteiger charge is 2.25. The van der Waals surface area contributed by atoms with Crippen LogP contribution in [0.15, 0.2) is 30.5 Å². The highest BCUT2D eigenvalue weighted by molar-refractivity contribution is 5.97. The van der Waals surface area contributed by atoms with Gasteiger partial charge in [-0.05, 0) is 56.4 Å². The third-order valence-electron chi connectivity index (χ3n) is 6.28. The Balaban J connectivity index is 1.48. The van der Waals surface area contributed by atoms with Crippen molar-refractivity contribution in [3.05, 3.63) is 41.7 Å². The second-order valence-corrected chi connectivity index (χ2v) is 12.1. The van der Waals surface area contributed by atoms with E-state index in [1.165, 1.54) is 6.20 Å². The van der Waals surface area contributed by atoms with Gasteiger partial charge in [0.05, 0.1) is 30.6 Å². The number of carboxylic acids is 1. The number of carboxylic acid groups (broad SMARTS) is 1. The molecule has 3 rings (SSSR count). The zero-order chi connectivity index (χ0) is 31.8. The van der Waals surface area contributed by atoms with E-state index in [1.54, 1.807) is 24.3 Å². The molecule has 7 N–H and O–H groups in total. The Morgan fingerprint density at radius 1 is 1.05 bits per heavy atom. The number of nitrogens with zero attached hydrogens (tertiary/aromatic N) is 4. The van der Waals surface area contributed by atoms with E-state index in [9.17, 15) is 24.6 Å². The van der Waals surface area contributed by atoms with Crippen LogP contribution in [0.3, 0.4) is 0 Å². The summed E-state index contributed by atoms with van der Waals surface area (Å²) in [6.07, 6.45) is 2.21. The van der Waals surface area contributed by atoms with Crippen molar-refractivity contribution < 1.29 is 29.3 Å². The molecule has 0 aliphatic carbocycles. The van der Waals surface area contributed by atoms with Crippen LogP contribution < -0.4 is 21.7 Å². The van der Waals surface area contributed by atoms with Gasteiger partial charge in [-0.1, -0.05) is 20.8 Å². The van der Waals surface area contributed by atoms with E-state index >= 15 is 0 Å². The third kappa shape index (κ3) is 10.6. The van der Waals surface area contributed by atoms with Gasteiger partial charge in [0.15, 0.2) is 11.2 Å². The number of nitrogens with one attached hydrogen (secondary N) is 3. The van der Waals surface area contributed by atoms with Crippen molar-refractivity contribution in [2.24, 2.45) is 5.41 Å². The normalized spacial score (nSPS) is 12.5. The van der Waals surface area contributed by atoms with Crippen LogP contribution in [0.2, 0.25) is 0 Å². The lowest BCUT2D eigenvalue weighted by atomic mass is 9.93. The zero-order valence-electron chi connectivity index (χ0n) is 25.1. The molecule has 0 radical (unpaired) electrons. The number of amides is 2. The van der Waals surface area contributed by atoms with Gasteiger partial charge >= 0.3 is 5.97 Å². The van der Waals surface area contributed by atoms with E-state index in [0.29, 0.717) is 24.6 Å². The molecule has 0 bridgehead atoms. The largest absolute Gasteiger partial charge is 0.492 e. The van der Waals surface area contributed by atoms with Gasteiger partial charge in [-0.2, -0.15) is 9.97 Å². The lowest BCUT2D eigenvalue weighted by molar-refractivity contribution is -0.139. The average molecular weight is 597 g/mol. The number of anilines is 2. The molecule has 14 nitrogen and oxygen atoms in total. The number of ether oxygens (including phenoxy) is 1. The zero-order valence-corrected chi connectivity index (χ0v) is 25.1. The van der Waals surface area contributed by atoms with Crippen LogP contribution in [0, 0.1) is 5.41 Å². The maximum atomic E-state index is 12.7. The summed E-state index contributed by atoms with van der Waals surface area (Å²) >= 11 is 0. The van der Waals surface area contributed by atoms with E-state index in [2.05, 4.69) is 56.7 Å². The first-order valence-corrected chi connectivity index (χ1v) is 13.9. The maximum absolute atomic E-state index is 12.7. The van der Waals surface area contributed by atoms with Crippen LogP contribution in [-0.4, -0.2) is 72.7 Å². The quantitative estimate of drug-likeness (QED) is 0.148. The third-order valence-corrected chi connectivity index (χ3v) is 6.28. The van der Waals surface area contributed by atoms with Gasteiger partial charge in [0.1, 0.15) is 6.04 Å². The number of aliphatic carboxylic acids is 1. The molecule has 0 aliphatic heterocycles. The Kier molecular flexibility index (Phi) is 10.8. The molecule has 0 saturated heterocycles. The van der Waals surface area contributed by atoms with Crippen molar-refractivity contribution in [2.45, 2.75) is 72.0 Å². The first kappa shape index (κ1) is 32.9. The van der Waals surface area contributed by atoms with Gasteiger partial charge in [-0.15, -0.1) is 0 Å². The number of nitrogens with two attached hydrogens (primary N) is 1. The van der Waals surface area contributed by atoms with Crippen molar-refractivity contribution in [1.29, 1.82) is 0 Å². The van der Waals surface area contributed by atoms with Gasteiger partial charge in [-0.3, -0.25) is 9.59 Å². The summed E-state index contributed by atoms with van der Waals surface area (Å²) in [5.41, 5.74) is 6.73. The maximum Gasteiger partial charge on any atom is 0.326 e. The Morgan fingerprint density at radius 3 is 2.40 bits per heavy atom. The number of nitrogen functional groups attached to an aromatic ring is 1. The molecule has 0 saturated carbocycles. The van der Waals surface area contributed by atoms with Gasteiger partial charge in [0.2, 0.25) is 17.7 Å². The second kappa shape index (κ2) is 14.1. The molecule has 3 aromatic rings. The van der Waals surface area contributed by atoms with Gasteiger partial charge < -0.3 is 36.6 Å². The van der Waals surface area contributed by atoms with Crippen LogP contribution in [0.25, 0.3) is 11.2 Å². The summed E-state index contributed by atoms with van der Waals surface area (Å²) in [7, 11) is 0. The van der Waals surface area contributed by atoms with Gasteiger partial charge in [0, 0.05) is 24.3 Å². The topological polar surface area (TPSA) is 215 Å². The molecule has 2 aromatic heterocycles. The standard InChI is InChI=1S/C29H40N8O6/c1-28(2,3)12-13-43-16-29(4,5)37-21(38)11-10-20(26(41)42)34-24(39)17-6-8-18(9-7-17)31-14-19-15-32-23-22(33-19)25(40)36-27(30)35-23/h6-9,15,20,31H,10-14,16H2,1-5H3,(H,34,39)(H,37,38)(H,41,42)(H3,30,32,35,36,40). The summed E-state index contributed by atoms with van der Waals surface area (Å²) in [6.45, 7) is 11.2. The minimum atomic E-state index is -1.25. The van der Waals surface area contributed by atoms with E-state index < -0.39 is 23.5 Å². The van der Waals surface area contributed by atoms with E-state index in [1.807, 2.05) is 13.8 Å². The van der Waals surface area contributed by atoms with Gasteiger partial charge in [-0.25, -0.2) is 14.8 Å². The number of fused-ring (bicyclic) bond motifs is 1. The van der Waals surface area contributed by atoms with Crippen molar-refractivity contribution in [3.8, 4) is 5.88 Å². The van der Waals surface area contributed by atoms with Gasteiger partial charge in [0.25, 0.3) is 5.91 Å². The van der Waals surface area contributed by atoms with Crippen LogP contribution in [-0.2, 0) is 20.9 Å². The number of hydrogen-bond donors (Lipinski definition) is 6. The number of carbonyl (C=O) groups is 3. The molecule has 1 unspecified atom stereocenters. The lowest BCUT2D eigenvalue weighted by Crippen LogP contribution is -2.48. The Morgan fingerprint density at radius 2 is 1.74 bits per heavy atom. The molecular formula is C29H40N8O6. The molecule has 0 spiro atoms. The van der Waals surface area contributed by atoms with Crippen molar-refractivity contribution in [1.82, 2.24) is 30.6 Å². The van der Waals surface area contributed by atoms with Crippen molar-refractivity contribution in [2.75, 3.05) is 24.3 Å². The number of hydrogen-bond acceptors (Lipinski definition) is 11. The average Bonchev–Trinajstić information content (AvgIpc) is 2.91. The van der Waals surface area contributed by atoms with Crippen LogP contribution in [0.5, 0.6) is 5.88 Å². The molecule has 2 amide bonds. The minimum absolute atomic E-state index is 0.0759. The van der Waals surface area contributed by atoms with Crippen LogP contribution in [0.1, 0.15) is 69.9 Å². The smallest absolute Gasteiger partial charge is 0.326 e. The first-order valence-electron chi connectivity index (χ1n) is 13.9. The predicted molar refractivity (Wildman–Crippen MR) is 160 cm³/mol. The number of rotatable bonds is 14. The predicted octanol–water partition coefficient (Wildman–Crippen LogP) is 2.63. The highest BCUT2D eigenvalue weighted by atomic mass is 16.5. The monoisotopic (exact) mass is 596 g/mol. The van der Waals surface area contributed by atoms with E-state index in [4.69, 9.17) is 10.5 Å². The molecule has 1 aromatic carbocycles. The summed E-state index contributed by atoms with van der Waals surface area (Å²) in [4.78, 5) is 53.1. The molecule has 0 aliphatic rings. The molecule has 14 heteroatoms. The summed E-state index contributed by atoms with van der Waals surface area (Å²) in [5, 5.41) is 28.1. The van der Waals surface area contributed by atoms with Crippen molar-refractivity contribution in [3.63, 3.8) is 0 Å². The number of aromatic nitrogens is 4. The minimum Gasteiger partial charge on any atom is -0.492 e. The SMILES string of the molecule is CC(C)(C)CCOCC(C)(C)NC(=O)CCC(NC(=O)c1ccc(NCc2cnc3nc(N)nc(O)c3n2)cc1)C(=O)O.